The summed E-state index contributed by atoms with van der Waals surface area (Å²) < 4.78 is 20.5. The van der Waals surface area contributed by atoms with Crippen LogP contribution in [0.3, 0.4) is 0 Å². The van der Waals surface area contributed by atoms with Gasteiger partial charge in [0.2, 0.25) is 5.43 Å². The fraction of sp³-hybridized carbons (Fsp3) is 0.231. The molecule has 0 fully saturated rings. The smallest absolute Gasteiger partial charge is 0.341 e. The van der Waals surface area contributed by atoms with Crippen LogP contribution < -0.4 is 10.2 Å². The first-order valence-electron chi connectivity index (χ1n) is 5.73. The van der Waals surface area contributed by atoms with Gasteiger partial charge in [-0.25, -0.2) is 9.18 Å². The number of halogens is 1. The van der Waals surface area contributed by atoms with E-state index in [1.165, 1.54) is 12.3 Å². The summed E-state index contributed by atoms with van der Waals surface area (Å²) in [6, 6.07) is 2.12. The number of nitrogens with zero attached hydrogens (tertiary/aromatic N) is 1. The molecule has 2 aromatic rings. The monoisotopic (exact) mass is 263 g/mol. The van der Waals surface area contributed by atoms with Gasteiger partial charge in [0.1, 0.15) is 23.7 Å². The highest BCUT2D eigenvalue weighted by atomic mass is 19.1. The first-order chi connectivity index (χ1) is 8.99. The van der Waals surface area contributed by atoms with Crippen LogP contribution in [-0.4, -0.2) is 22.2 Å². The molecule has 6 heteroatoms. The van der Waals surface area contributed by atoms with E-state index in [1.54, 1.807) is 4.57 Å². The maximum Gasteiger partial charge on any atom is 0.341 e. The average molecular weight is 263 g/mol. The van der Waals surface area contributed by atoms with Crippen molar-refractivity contribution in [3.05, 3.63) is 39.9 Å². The van der Waals surface area contributed by atoms with Crippen LogP contribution in [0.1, 0.15) is 23.3 Å². The Balaban J connectivity index is 2.53. The van der Waals surface area contributed by atoms with Crippen LogP contribution >= 0.6 is 0 Å². The molecule has 0 spiro atoms. The average Bonchev–Trinajstić information content (AvgIpc) is 2.35. The van der Waals surface area contributed by atoms with E-state index >= 15 is 0 Å². The maximum atomic E-state index is 13.5. The summed E-state index contributed by atoms with van der Waals surface area (Å²) >= 11 is 0. The first-order valence-corrected chi connectivity index (χ1v) is 5.73. The normalized spacial score (nSPS) is 17.3. The highest BCUT2D eigenvalue weighted by molar-refractivity contribution is 5.94. The van der Waals surface area contributed by atoms with Crippen molar-refractivity contribution in [2.45, 2.75) is 13.0 Å². The quantitative estimate of drug-likeness (QED) is 0.851. The van der Waals surface area contributed by atoms with E-state index in [2.05, 4.69) is 0 Å². The minimum Gasteiger partial charge on any atom is -0.489 e. The number of aromatic carboxylic acids is 1. The predicted octanol–water partition coefficient (Wildman–Crippen LogP) is 1.79. The fourth-order valence-electron chi connectivity index (χ4n) is 2.32. The van der Waals surface area contributed by atoms with Crippen LogP contribution in [0, 0.1) is 5.82 Å². The van der Waals surface area contributed by atoms with Gasteiger partial charge in [-0.05, 0) is 13.0 Å². The topological polar surface area (TPSA) is 68.5 Å². The molecule has 1 N–H and O–H groups in total. The molecule has 3 rings (SSSR count). The first kappa shape index (κ1) is 11.7. The molecule has 1 aliphatic rings. The number of carboxylic acid groups (broad SMARTS) is 1. The van der Waals surface area contributed by atoms with E-state index < -0.39 is 17.2 Å². The van der Waals surface area contributed by atoms with Gasteiger partial charge in [-0.1, -0.05) is 0 Å². The van der Waals surface area contributed by atoms with Gasteiger partial charge in [0.25, 0.3) is 0 Å². The van der Waals surface area contributed by atoms with Crippen LogP contribution in [0.4, 0.5) is 4.39 Å². The predicted molar refractivity (Wildman–Crippen MR) is 65.3 cm³/mol. The standard InChI is InChI=1S/C13H10FNO4/c1-6-5-19-10-3-7(14)2-8-11(10)15(6)4-9(12(8)16)13(17)18/h2-4,6H,5H2,1H3,(H,17,18). The Kier molecular flexibility index (Phi) is 2.35. The third-order valence-corrected chi connectivity index (χ3v) is 3.24. The van der Waals surface area contributed by atoms with Gasteiger partial charge < -0.3 is 14.4 Å². The summed E-state index contributed by atoms with van der Waals surface area (Å²) in [5.74, 6) is -1.68. The lowest BCUT2D eigenvalue weighted by molar-refractivity contribution is 0.0694. The molecule has 1 aliphatic heterocycles. The van der Waals surface area contributed by atoms with Crippen LogP contribution in [-0.2, 0) is 0 Å². The van der Waals surface area contributed by atoms with Crippen molar-refractivity contribution in [3.8, 4) is 5.75 Å². The van der Waals surface area contributed by atoms with Gasteiger partial charge in [0, 0.05) is 12.3 Å². The molecule has 1 aromatic heterocycles. The fourth-order valence-corrected chi connectivity index (χ4v) is 2.32. The van der Waals surface area contributed by atoms with Crippen molar-refractivity contribution in [2.75, 3.05) is 6.61 Å². The molecule has 5 nitrogen and oxygen atoms in total. The van der Waals surface area contributed by atoms with Gasteiger partial charge in [-0.3, -0.25) is 4.79 Å². The molecule has 2 heterocycles. The number of carboxylic acids is 1. The van der Waals surface area contributed by atoms with Crippen LogP contribution in [0.5, 0.6) is 5.75 Å². The largest absolute Gasteiger partial charge is 0.489 e. The van der Waals surface area contributed by atoms with Crippen molar-refractivity contribution in [1.29, 1.82) is 0 Å². The number of benzene rings is 1. The highest BCUT2D eigenvalue weighted by Gasteiger charge is 2.24. The molecular formula is C13H10FNO4. The minimum atomic E-state index is -1.32. The summed E-state index contributed by atoms with van der Waals surface area (Å²) in [4.78, 5) is 23.1. The van der Waals surface area contributed by atoms with Crippen molar-refractivity contribution >= 4 is 16.9 Å². The summed E-state index contributed by atoms with van der Waals surface area (Å²) in [6.45, 7) is 2.13. The molecule has 0 saturated carbocycles. The number of hydrogen-bond donors (Lipinski definition) is 1. The van der Waals surface area contributed by atoms with Crippen LogP contribution in [0.25, 0.3) is 10.9 Å². The van der Waals surface area contributed by atoms with Gasteiger partial charge in [0.05, 0.1) is 16.9 Å². The third kappa shape index (κ3) is 1.60. The van der Waals surface area contributed by atoms with E-state index in [1.807, 2.05) is 6.92 Å². The number of rotatable bonds is 1. The number of aromatic nitrogens is 1. The molecule has 19 heavy (non-hydrogen) atoms. The van der Waals surface area contributed by atoms with Crippen molar-refractivity contribution < 1.29 is 19.0 Å². The van der Waals surface area contributed by atoms with Crippen molar-refractivity contribution in [1.82, 2.24) is 4.57 Å². The molecule has 0 radical (unpaired) electrons. The minimum absolute atomic E-state index is 0.0291. The Bertz CT molecular complexity index is 765. The number of hydrogen-bond acceptors (Lipinski definition) is 3. The van der Waals surface area contributed by atoms with Crippen molar-refractivity contribution in [3.63, 3.8) is 0 Å². The molecule has 1 aromatic carbocycles. The Morgan fingerprint density at radius 3 is 2.95 bits per heavy atom. The zero-order valence-electron chi connectivity index (χ0n) is 10.0. The zero-order valence-corrected chi connectivity index (χ0v) is 10.0. The van der Waals surface area contributed by atoms with E-state index in [-0.39, 0.29) is 22.7 Å². The SMILES string of the molecule is CC1COc2cc(F)cc3c(=O)c(C(=O)O)cn1c23. The van der Waals surface area contributed by atoms with Gasteiger partial charge in [-0.2, -0.15) is 0 Å². The molecule has 98 valence electrons. The highest BCUT2D eigenvalue weighted by Crippen LogP contribution is 2.32. The molecule has 0 amide bonds. The van der Waals surface area contributed by atoms with Gasteiger partial charge >= 0.3 is 5.97 Å². The molecule has 1 unspecified atom stereocenters. The Morgan fingerprint density at radius 2 is 2.26 bits per heavy atom. The van der Waals surface area contributed by atoms with Crippen LogP contribution in [0.15, 0.2) is 23.1 Å². The lowest BCUT2D eigenvalue weighted by Gasteiger charge is -2.26. The van der Waals surface area contributed by atoms with Gasteiger partial charge in [0.15, 0.2) is 0 Å². The molecule has 0 saturated heterocycles. The Hall–Kier alpha value is -2.37. The summed E-state index contributed by atoms with van der Waals surface area (Å²) in [7, 11) is 0. The number of pyridine rings is 1. The lowest BCUT2D eigenvalue weighted by atomic mass is 10.1. The Morgan fingerprint density at radius 1 is 1.53 bits per heavy atom. The van der Waals surface area contributed by atoms with Crippen LogP contribution in [0.2, 0.25) is 0 Å². The number of carbonyl (C=O) groups is 1. The second kappa shape index (κ2) is 3.81. The second-order valence-corrected chi connectivity index (χ2v) is 4.54. The summed E-state index contributed by atoms with van der Waals surface area (Å²) in [5, 5.41) is 9.08. The molecule has 0 bridgehead atoms. The molecule has 1 atom stereocenters. The lowest BCUT2D eigenvalue weighted by Crippen LogP contribution is -2.26. The maximum absolute atomic E-state index is 13.5. The van der Waals surface area contributed by atoms with E-state index in [9.17, 15) is 14.0 Å². The zero-order chi connectivity index (χ0) is 13.7. The van der Waals surface area contributed by atoms with E-state index in [0.717, 1.165) is 6.07 Å². The Labute approximate surface area is 106 Å². The summed E-state index contributed by atoms with van der Waals surface area (Å²) in [5.41, 5.74) is -0.620. The molecule has 0 aliphatic carbocycles. The van der Waals surface area contributed by atoms with Crippen molar-refractivity contribution in [2.24, 2.45) is 0 Å². The number of ether oxygens (including phenoxy) is 1. The third-order valence-electron chi connectivity index (χ3n) is 3.24. The van der Waals surface area contributed by atoms with E-state index in [0.29, 0.717) is 12.1 Å². The second-order valence-electron chi connectivity index (χ2n) is 4.54. The molecular weight excluding hydrogens is 253 g/mol. The van der Waals surface area contributed by atoms with Gasteiger partial charge in [-0.15, -0.1) is 0 Å². The summed E-state index contributed by atoms with van der Waals surface area (Å²) in [6.07, 6.45) is 1.29. The van der Waals surface area contributed by atoms with E-state index in [4.69, 9.17) is 9.84 Å².